The van der Waals surface area contributed by atoms with E-state index in [1.165, 1.54) is 4.57 Å². The maximum absolute atomic E-state index is 13.0. The lowest BCUT2D eigenvalue weighted by Gasteiger charge is -2.14. The third-order valence-corrected chi connectivity index (χ3v) is 5.42. The largest absolute Gasteiger partial charge is 0.332 e. The molecule has 0 N–H and O–H groups in total. The van der Waals surface area contributed by atoms with Crippen molar-refractivity contribution >= 4 is 22.6 Å². The summed E-state index contributed by atoms with van der Waals surface area (Å²) in [4.78, 5) is 34.4. The molecule has 1 aliphatic rings. The Morgan fingerprint density at radius 3 is 2.65 bits per heavy atom. The number of hydrogen-bond donors (Lipinski definition) is 0. The molecule has 11 heteroatoms. The monoisotopic (exact) mass is 442 g/mol. The Labute approximate surface area is 183 Å². The molecule has 3 aromatic rings. The average Bonchev–Trinajstić information content (AvgIpc) is 3.40. The molecule has 0 spiro atoms. The topological polar surface area (TPSA) is 113 Å². The van der Waals surface area contributed by atoms with Gasteiger partial charge in [-0.2, -0.15) is 0 Å². The van der Waals surface area contributed by atoms with Crippen LogP contribution in [0.3, 0.4) is 0 Å². The van der Waals surface area contributed by atoms with Gasteiger partial charge in [-0.25, -0.2) is 14.5 Å². The van der Waals surface area contributed by atoms with E-state index in [0.717, 1.165) is 12.8 Å². The van der Waals surface area contributed by atoms with Gasteiger partial charge in [0.05, 0.1) is 5.56 Å². The summed E-state index contributed by atoms with van der Waals surface area (Å²) in [6, 6.07) is 5.55. The van der Waals surface area contributed by atoms with E-state index in [1.54, 1.807) is 15.4 Å². The minimum absolute atomic E-state index is 0.278. The van der Waals surface area contributed by atoms with Crippen LogP contribution < -0.4 is 11.2 Å². The number of pyridine rings is 1. The van der Waals surface area contributed by atoms with Crippen LogP contribution in [0.4, 0.5) is 5.82 Å². The first kappa shape index (κ1) is 21.1. The fourth-order valence-corrected chi connectivity index (χ4v) is 3.82. The number of nitrogens with zero attached hydrogens (tertiary/aromatic N) is 8. The van der Waals surface area contributed by atoms with Crippen molar-refractivity contribution < 1.29 is 0 Å². The summed E-state index contributed by atoms with van der Waals surface area (Å²) < 4.78 is 4.57. The standard InChI is InChI=1S/C20H23ClN8O2/c1-2-3-10-27-17-14(13-16(21)23-17)19(30)28(20(27)31)11-6-7-12-29-18(24-25-26-29)15-8-4-5-9-22-15/h4-5,8-9H,2-3,6-7,10-13H2,1H3. The minimum Gasteiger partial charge on any atom is -0.278 e. The van der Waals surface area contributed by atoms with Gasteiger partial charge in [0.2, 0.25) is 5.82 Å². The highest BCUT2D eigenvalue weighted by molar-refractivity contribution is 6.66. The van der Waals surface area contributed by atoms with Crippen LogP contribution in [0.5, 0.6) is 0 Å². The molecule has 3 aromatic heterocycles. The van der Waals surface area contributed by atoms with Crippen LogP contribution in [0.1, 0.15) is 38.2 Å². The quantitative estimate of drug-likeness (QED) is 0.469. The molecule has 31 heavy (non-hydrogen) atoms. The molecule has 4 rings (SSSR count). The molecule has 0 amide bonds. The highest BCUT2D eigenvalue weighted by Crippen LogP contribution is 2.24. The molecule has 0 saturated heterocycles. The Hall–Kier alpha value is -3.14. The van der Waals surface area contributed by atoms with E-state index in [0.29, 0.717) is 60.5 Å². The number of aromatic nitrogens is 7. The zero-order chi connectivity index (χ0) is 21.8. The molecule has 0 radical (unpaired) electrons. The first-order chi connectivity index (χ1) is 15.1. The smallest absolute Gasteiger partial charge is 0.278 e. The molecule has 0 aliphatic carbocycles. The zero-order valence-electron chi connectivity index (χ0n) is 17.2. The normalized spacial score (nSPS) is 12.8. The van der Waals surface area contributed by atoms with Crippen LogP contribution in [-0.2, 0) is 26.1 Å². The first-order valence-corrected chi connectivity index (χ1v) is 10.7. The molecule has 10 nitrogen and oxygen atoms in total. The van der Waals surface area contributed by atoms with Crippen LogP contribution >= 0.6 is 11.6 Å². The molecular weight excluding hydrogens is 420 g/mol. The molecule has 0 unspecified atom stereocenters. The van der Waals surface area contributed by atoms with Crippen molar-refractivity contribution in [3.8, 4) is 11.5 Å². The highest BCUT2D eigenvalue weighted by atomic mass is 35.5. The molecule has 0 atom stereocenters. The van der Waals surface area contributed by atoms with Gasteiger partial charge in [0, 0.05) is 32.3 Å². The number of fused-ring (bicyclic) bond motifs is 1. The SMILES string of the molecule is CCCCn1c2c(c(=O)n(CCCCn3nnnc3-c3ccccn3)c1=O)CC(Cl)=N2. The molecule has 162 valence electrons. The fourth-order valence-electron chi connectivity index (χ4n) is 3.61. The van der Waals surface area contributed by atoms with E-state index < -0.39 is 0 Å². The lowest BCUT2D eigenvalue weighted by atomic mass is 10.2. The van der Waals surface area contributed by atoms with Crippen LogP contribution in [-0.4, -0.2) is 39.5 Å². The second-order valence-electron chi connectivity index (χ2n) is 7.36. The molecule has 0 fully saturated rings. The Kier molecular flexibility index (Phi) is 6.36. The van der Waals surface area contributed by atoms with Crippen LogP contribution in [0.2, 0.25) is 0 Å². The number of hydrogen-bond acceptors (Lipinski definition) is 7. The van der Waals surface area contributed by atoms with E-state index in [9.17, 15) is 9.59 Å². The second-order valence-corrected chi connectivity index (χ2v) is 7.80. The second kappa shape index (κ2) is 9.34. The van der Waals surface area contributed by atoms with Crippen molar-refractivity contribution in [2.24, 2.45) is 4.99 Å². The number of aryl methyl sites for hydroxylation is 1. The number of aliphatic imine (C=N–C) groups is 1. The van der Waals surface area contributed by atoms with Gasteiger partial charge >= 0.3 is 5.69 Å². The van der Waals surface area contributed by atoms with E-state index in [-0.39, 0.29) is 17.7 Å². The van der Waals surface area contributed by atoms with Crippen molar-refractivity contribution in [3.05, 3.63) is 50.8 Å². The fraction of sp³-hybridized carbons (Fsp3) is 0.450. The van der Waals surface area contributed by atoms with Crippen molar-refractivity contribution in [1.29, 1.82) is 0 Å². The van der Waals surface area contributed by atoms with Crippen LogP contribution in [0.15, 0.2) is 39.0 Å². The third-order valence-electron chi connectivity index (χ3n) is 5.20. The predicted octanol–water partition coefficient (Wildman–Crippen LogP) is 2.16. The average molecular weight is 443 g/mol. The Morgan fingerprint density at radius 2 is 1.87 bits per heavy atom. The number of tetrazole rings is 1. The Morgan fingerprint density at radius 1 is 1.06 bits per heavy atom. The third kappa shape index (κ3) is 4.34. The summed E-state index contributed by atoms with van der Waals surface area (Å²) >= 11 is 6.07. The van der Waals surface area contributed by atoms with E-state index in [4.69, 9.17) is 11.6 Å². The molecule has 4 heterocycles. The summed E-state index contributed by atoms with van der Waals surface area (Å²) in [5, 5.41) is 12.2. The number of rotatable bonds is 9. The van der Waals surface area contributed by atoms with Gasteiger partial charge in [-0.3, -0.25) is 18.9 Å². The molecule has 0 aromatic carbocycles. The van der Waals surface area contributed by atoms with Gasteiger partial charge in [-0.05, 0) is 41.8 Å². The lowest BCUT2D eigenvalue weighted by Crippen LogP contribution is -2.41. The Balaban J connectivity index is 1.48. The van der Waals surface area contributed by atoms with Gasteiger partial charge in [0.1, 0.15) is 16.7 Å². The van der Waals surface area contributed by atoms with Gasteiger partial charge in [-0.1, -0.05) is 31.0 Å². The van der Waals surface area contributed by atoms with E-state index in [2.05, 4.69) is 32.4 Å². The van der Waals surface area contributed by atoms with Gasteiger partial charge in [0.25, 0.3) is 5.56 Å². The van der Waals surface area contributed by atoms with Crippen LogP contribution in [0.25, 0.3) is 11.5 Å². The van der Waals surface area contributed by atoms with Crippen LogP contribution in [0, 0.1) is 0 Å². The minimum atomic E-state index is -0.330. The maximum Gasteiger partial charge on any atom is 0.332 e. The van der Waals surface area contributed by atoms with Crippen molar-refractivity contribution in [1.82, 2.24) is 34.3 Å². The Bertz CT molecular complexity index is 1210. The number of halogens is 1. The molecule has 1 aliphatic heterocycles. The summed E-state index contributed by atoms with van der Waals surface area (Å²) in [6.07, 6.45) is 5.04. The zero-order valence-corrected chi connectivity index (χ0v) is 18.0. The van der Waals surface area contributed by atoms with E-state index >= 15 is 0 Å². The summed E-state index contributed by atoms with van der Waals surface area (Å²) in [5.74, 6) is 1.00. The maximum atomic E-state index is 13.0. The summed E-state index contributed by atoms with van der Waals surface area (Å²) in [6.45, 7) is 3.44. The van der Waals surface area contributed by atoms with Crippen molar-refractivity contribution in [2.45, 2.75) is 58.7 Å². The number of unbranched alkanes of at least 4 members (excludes halogenated alkanes) is 2. The van der Waals surface area contributed by atoms with Gasteiger partial charge < -0.3 is 0 Å². The summed E-state index contributed by atoms with van der Waals surface area (Å²) in [7, 11) is 0. The van der Waals surface area contributed by atoms with Crippen molar-refractivity contribution in [3.63, 3.8) is 0 Å². The van der Waals surface area contributed by atoms with Crippen molar-refractivity contribution in [2.75, 3.05) is 0 Å². The lowest BCUT2D eigenvalue weighted by molar-refractivity contribution is 0.480. The molecular formula is C20H23ClN8O2. The van der Waals surface area contributed by atoms with Gasteiger partial charge in [-0.15, -0.1) is 5.10 Å². The predicted molar refractivity (Wildman–Crippen MR) is 117 cm³/mol. The molecule has 0 saturated carbocycles. The first-order valence-electron chi connectivity index (χ1n) is 10.4. The molecule has 0 bridgehead atoms. The van der Waals surface area contributed by atoms with Gasteiger partial charge in [0.15, 0.2) is 0 Å². The summed E-state index contributed by atoms with van der Waals surface area (Å²) in [5.41, 5.74) is 0.560. The van der Waals surface area contributed by atoms with E-state index in [1.807, 2.05) is 18.2 Å². The highest BCUT2D eigenvalue weighted by Gasteiger charge is 2.24.